The van der Waals surface area contributed by atoms with Crippen LogP contribution in [0.25, 0.3) is 21.0 Å². The van der Waals surface area contributed by atoms with Crippen molar-refractivity contribution in [3.63, 3.8) is 0 Å². The molecule has 2 aromatic heterocycles. The first-order valence-corrected chi connectivity index (χ1v) is 8.05. The molecule has 0 radical (unpaired) electrons. The lowest BCUT2D eigenvalue weighted by Gasteiger charge is -2.04. The van der Waals surface area contributed by atoms with E-state index < -0.39 is 6.03 Å². The van der Waals surface area contributed by atoms with Crippen LogP contribution in [-0.4, -0.2) is 15.8 Å². The highest BCUT2D eigenvalue weighted by atomic mass is 32.1. The average molecular weight is 323 g/mol. The van der Waals surface area contributed by atoms with Gasteiger partial charge in [0, 0.05) is 11.2 Å². The fraction of sp³-hybridized carbons (Fsp3) is 0.0588. The van der Waals surface area contributed by atoms with E-state index in [-0.39, 0.29) is 5.56 Å². The van der Waals surface area contributed by atoms with Gasteiger partial charge in [0.05, 0.1) is 10.9 Å². The monoisotopic (exact) mass is 323 g/mol. The van der Waals surface area contributed by atoms with Crippen molar-refractivity contribution in [2.45, 2.75) is 6.54 Å². The highest BCUT2D eigenvalue weighted by molar-refractivity contribution is 7.17. The van der Waals surface area contributed by atoms with Gasteiger partial charge in [0.15, 0.2) is 0 Å². The highest BCUT2D eigenvalue weighted by Gasteiger charge is 2.13. The Bertz CT molecular complexity index is 1070. The van der Waals surface area contributed by atoms with Gasteiger partial charge in [0.2, 0.25) is 0 Å². The van der Waals surface area contributed by atoms with Gasteiger partial charge in [0.25, 0.3) is 5.56 Å². The van der Waals surface area contributed by atoms with Crippen LogP contribution in [0.1, 0.15) is 5.56 Å². The van der Waals surface area contributed by atoms with Crippen molar-refractivity contribution in [3.05, 3.63) is 69.8 Å². The molecule has 0 unspecified atom stereocenters. The van der Waals surface area contributed by atoms with Gasteiger partial charge in [0.1, 0.15) is 0 Å². The number of carbonyl (C=O) groups excluding carboxylic acids is 1. The summed E-state index contributed by atoms with van der Waals surface area (Å²) in [5.41, 5.74) is 1.35. The lowest BCUT2D eigenvalue weighted by Crippen LogP contribution is -2.34. The molecule has 4 rings (SSSR count). The van der Waals surface area contributed by atoms with Crippen molar-refractivity contribution < 1.29 is 4.79 Å². The first-order valence-electron chi connectivity index (χ1n) is 7.17. The first kappa shape index (κ1) is 13.8. The Morgan fingerprint density at radius 1 is 1.09 bits per heavy atom. The van der Waals surface area contributed by atoms with Crippen LogP contribution in [0.5, 0.6) is 0 Å². The molecule has 0 atom stereocenters. The third-order valence-electron chi connectivity index (χ3n) is 3.79. The van der Waals surface area contributed by atoms with E-state index in [4.69, 9.17) is 0 Å². The predicted molar refractivity (Wildman–Crippen MR) is 92.0 cm³/mol. The smallest absolute Gasteiger partial charge is 0.332 e. The van der Waals surface area contributed by atoms with Crippen LogP contribution in [0.2, 0.25) is 0 Å². The SMILES string of the molecule is O=C(NCc1csc2ccccc12)n1[nH]c2ccccc2c1=O. The first-order chi connectivity index (χ1) is 11.2. The minimum atomic E-state index is -0.457. The van der Waals surface area contributed by atoms with Crippen molar-refractivity contribution >= 4 is 38.4 Å². The van der Waals surface area contributed by atoms with Crippen LogP contribution in [0.3, 0.4) is 0 Å². The molecule has 2 aromatic carbocycles. The lowest BCUT2D eigenvalue weighted by molar-refractivity contribution is 0.238. The summed E-state index contributed by atoms with van der Waals surface area (Å²) in [5.74, 6) is 0. The molecule has 4 aromatic rings. The van der Waals surface area contributed by atoms with E-state index in [0.717, 1.165) is 15.6 Å². The normalized spacial score (nSPS) is 11.1. The topological polar surface area (TPSA) is 66.9 Å². The molecule has 0 saturated heterocycles. The van der Waals surface area contributed by atoms with E-state index >= 15 is 0 Å². The quantitative estimate of drug-likeness (QED) is 0.594. The Morgan fingerprint density at radius 3 is 2.65 bits per heavy atom. The zero-order chi connectivity index (χ0) is 15.8. The van der Waals surface area contributed by atoms with E-state index in [1.54, 1.807) is 29.5 Å². The molecule has 0 fully saturated rings. The van der Waals surface area contributed by atoms with Gasteiger partial charge in [-0.25, -0.2) is 4.79 Å². The number of fused-ring (bicyclic) bond motifs is 2. The molecule has 0 saturated carbocycles. The number of aromatic amines is 1. The van der Waals surface area contributed by atoms with Crippen molar-refractivity contribution in [2.75, 3.05) is 0 Å². The van der Waals surface area contributed by atoms with E-state index in [0.29, 0.717) is 17.4 Å². The Balaban J connectivity index is 1.60. The average Bonchev–Trinajstić information content (AvgIpc) is 3.15. The summed E-state index contributed by atoms with van der Waals surface area (Å²) in [6, 6.07) is 14.7. The van der Waals surface area contributed by atoms with E-state index in [2.05, 4.69) is 10.4 Å². The zero-order valence-electron chi connectivity index (χ0n) is 12.1. The third kappa shape index (κ3) is 2.33. The second-order valence-corrected chi connectivity index (χ2v) is 6.12. The fourth-order valence-corrected chi connectivity index (χ4v) is 3.58. The number of carbonyl (C=O) groups is 1. The molecule has 2 N–H and O–H groups in total. The van der Waals surface area contributed by atoms with Crippen molar-refractivity contribution in [1.29, 1.82) is 0 Å². The number of aromatic nitrogens is 2. The number of nitrogens with one attached hydrogen (secondary N) is 2. The van der Waals surface area contributed by atoms with Crippen molar-refractivity contribution in [3.8, 4) is 0 Å². The molecule has 0 aliphatic carbocycles. The van der Waals surface area contributed by atoms with Crippen LogP contribution in [-0.2, 0) is 6.54 Å². The molecule has 0 aliphatic rings. The second-order valence-electron chi connectivity index (χ2n) is 5.21. The largest absolute Gasteiger partial charge is 0.343 e. The Kier molecular flexibility index (Phi) is 3.24. The van der Waals surface area contributed by atoms with E-state index in [1.165, 1.54) is 4.70 Å². The minimum Gasteiger partial charge on any atom is -0.332 e. The highest BCUT2D eigenvalue weighted by Crippen LogP contribution is 2.25. The third-order valence-corrected chi connectivity index (χ3v) is 4.80. The maximum Gasteiger partial charge on any atom is 0.343 e. The maximum absolute atomic E-state index is 12.3. The summed E-state index contributed by atoms with van der Waals surface area (Å²) in [6.45, 7) is 0.380. The summed E-state index contributed by atoms with van der Waals surface area (Å²) in [4.78, 5) is 24.5. The molecule has 0 spiro atoms. The van der Waals surface area contributed by atoms with Gasteiger partial charge < -0.3 is 5.32 Å². The fourth-order valence-electron chi connectivity index (χ4n) is 2.62. The maximum atomic E-state index is 12.3. The minimum absolute atomic E-state index is 0.340. The zero-order valence-corrected chi connectivity index (χ0v) is 12.9. The van der Waals surface area contributed by atoms with Crippen LogP contribution >= 0.6 is 11.3 Å². The number of amides is 1. The van der Waals surface area contributed by atoms with Gasteiger partial charge in [-0.3, -0.25) is 9.89 Å². The Labute approximate surface area is 135 Å². The molecule has 6 heteroatoms. The Hall–Kier alpha value is -2.86. The van der Waals surface area contributed by atoms with Gasteiger partial charge in [-0.05, 0) is 34.5 Å². The molecular formula is C17H13N3O2S. The number of para-hydroxylation sites is 1. The number of rotatable bonds is 2. The molecular weight excluding hydrogens is 310 g/mol. The summed E-state index contributed by atoms with van der Waals surface area (Å²) < 4.78 is 2.19. The number of thiophene rings is 1. The molecule has 0 bridgehead atoms. The second kappa shape index (κ2) is 5.40. The van der Waals surface area contributed by atoms with Crippen LogP contribution in [0, 0.1) is 0 Å². The number of hydrogen-bond donors (Lipinski definition) is 2. The Morgan fingerprint density at radius 2 is 1.83 bits per heavy atom. The summed E-state index contributed by atoms with van der Waals surface area (Å²) >= 11 is 1.64. The molecule has 1 amide bonds. The van der Waals surface area contributed by atoms with Crippen molar-refractivity contribution in [2.24, 2.45) is 0 Å². The number of nitrogens with zero attached hydrogens (tertiary/aromatic N) is 1. The van der Waals surface area contributed by atoms with E-state index in [9.17, 15) is 9.59 Å². The van der Waals surface area contributed by atoms with Gasteiger partial charge >= 0.3 is 6.03 Å². The van der Waals surface area contributed by atoms with Gasteiger partial charge in [-0.2, -0.15) is 4.68 Å². The molecule has 5 nitrogen and oxygen atoms in total. The number of H-pyrrole nitrogens is 1. The number of hydrogen-bond acceptors (Lipinski definition) is 3. The van der Waals surface area contributed by atoms with Crippen molar-refractivity contribution in [1.82, 2.24) is 15.1 Å². The summed E-state index contributed by atoms with van der Waals surface area (Å²) in [6.07, 6.45) is 0. The van der Waals surface area contributed by atoms with Gasteiger partial charge in [-0.1, -0.05) is 30.3 Å². The van der Waals surface area contributed by atoms with Crippen LogP contribution in [0.4, 0.5) is 4.79 Å². The predicted octanol–water partition coefficient (Wildman–Crippen LogP) is 3.30. The molecule has 23 heavy (non-hydrogen) atoms. The molecule has 2 heterocycles. The van der Waals surface area contributed by atoms with E-state index in [1.807, 2.05) is 35.7 Å². The van der Waals surface area contributed by atoms with Crippen LogP contribution in [0.15, 0.2) is 58.7 Å². The lowest BCUT2D eigenvalue weighted by atomic mass is 10.2. The molecule has 114 valence electrons. The molecule has 0 aliphatic heterocycles. The van der Waals surface area contributed by atoms with Gasteiger partial charge in [-0.15, -0.1) is 11.3 Å². The number of benzene rings is 2. The standard InChI is InChI=1S/C17H13N3O2S/c21-16-13-6-1-3-7-14(13)19-20(16)17(22)18-9-11-10-23-15-8-4-2-5-12(11)15/h1-8,10,19H,9H2,(H,18,22). The van der Waals surface area contributed by atoms with Crippen LogP contribution < -0.4 is 10.9 Å². The summed E-state index contributed by atoms with van der Waals surface area (Å²) in [5, 5.41) is 9.28. The summed E-state index contributed by atoms with van der Waals surface area (Å²) in [7, 11) is 0.